The fourth-order valence-corrected chi connectivity index (χ4v) is 5.35. The normalized spacial score (nSPS) is 19.1. The molecule has 2 aliphatic rings. The van der Waals surface area contributed by atoms with E-state index in [-0.39, 0.29) is 11.9 Å². The number of likely N-dealkylation sites (tertiary alicyclic amines) is 1. The number of carbonyl (C=O) groups excluding carboxylic acids is 1. The Morgan fingerprint density at radius 1 is 1.09 bits per heavy atom. The number of aromatic nitrogens is 3. The number of rotatable bonds is 5. The number of fused-ring (bicyclic) bond motifs is 1. The summed E-state index contributed by atoms with van der Waals surface area (Å²) in [6.45, 7) is 4.47. The van der Waals surface area contributed by atoms with Gasteiger partial charge in [0.15, 0.2) is 5.65 Å². The maximum absolute atomic E-state index is 13.8. The molecule has 0 radical (unpaired) electrons. The maximum Gasteiger partial charge on any atom is 0.256 e. The van der Waals surface area contributed by atoms with Crippen LogP contribution < -0.4 is 4.72 Å². The predicted octanol–water partition coefficient (Wildman–Crippen LogP) is 3.96. The van der Waals surface area contributed by atoms with E-state index in [0.29, 0.717) is 23.7 Å². The van der Waals surface area contributed by atoms with E-state index in [2.05, 4.69) is 10.8 Å². The van der Waals surface area contributed by atoms with Gasteiger partial charge in [-0.15, -0.1) is 0 Å². The molecular formula is C24H29N5O3S. The first kappa shape index (κ1) is 21.9. The first-order valence-corrected chi connectivity index (χ1v) is 13.4. The third-order valence-corrected chi connectivity index (χ3v) is 7.12. The first-order chi connectivity index (χ1) is 15.7. The molecule has 1 aliphatic carbocycles. The van der Waals surface area contributed by atoms with Crippen LogP contribution in [0.3, 0.4) is 0 Å². The summed E-state index contributed by atoms with van der Waals surface area (Å²) in [5, 5.41) is 4.84. The first-order valence-electron chi connectivity index (χ1n) is 11.5. The van der Waals surface area contributed by atoms with Gasteiger partial charge in [0.05, 0.1) is 29.2 Å². The molecule has 2 fully saturated rings. The number of hydrogen-bond acceptors (Lipinski definition) is 5. The van der Waals surface area contributed by atoms with Crippen molar-refractivity contribution in [3.63, 3.8) is 0 Å². The summed E-state index contributed by atoms with van der Waals surface area (Å²) in [5.41, 5.74) is 5.26. The SMILES string of the molecule is Cc1cccc(NS(C)(=O)=O)c1C(=O)N1CCCC[C@@H]1c1cc2nc(C3CC3)cc(C)n2n1. The quantitative estimate of drug-likeness (QED) is 0.613. The van der Waals surface area contributed by atoms with Crippen molar-refractivity contribution in [2.45, 2.75) is 57.9 Å². The van der Waals surface area contributed by atoms with Crippen LogP contribution in [-0.2, 0) is 10.0 Å². The van der Waals surface area contributed by atoms with Gasteiger partial charge in [-0.05, 0) is 63.6 Å². The molecule has 33 heavy (non-hydrogen) atoms. The molecule has 2 aromatic heterocycles. The van der Waals surface area contributed by atoms with Crippen LogP contribution in [0.2, 0.25) is 0 Å². The van der Waals surface area contributed by atoms with Gasteiger partial charge in [-0.1, -0.05) is 12.1 Å². The maximum atomic E-state index is 13.8. The molecule has 1 N–H and O–H groups in total. The molecule has 3 aromatic rings. The van der Waals surface area contributed by atoms with Crippen LogP contribution in [0.25, 0.3) is 5.65 Å². The van der Waals surface area contributed by atoms with Crippen LogP contribution in [-0.4, -0.2) is 46.6 Å². The topological polar surface area (TPSA) is 96.7 Å². The molecule has 1 aromatic carbocycles. The Morgan fingerprint density at radius 2 is 1.88 bits per heavy atom. The van der Waals surface area contributed by atoms with Crippen molar-refractivity contribution in [3.8, 4) is 0 Å². The summed E-state index contributed by atoms with van der Waals surface area (Å²) in [5.74, 6) is 0.381. The number of sulfonamides is 1. The molecule has 1 atom stereocenters. The van der Waals surface area contributed by atoms with Gasteiger partial charge in [0, 0.05) is 29.9 Å². The zero-order valence-electron chi connectivity index (χ0n) is 19.2. The van der Waals surface area contributed by atoms with E-state index in [9.17, 15) is 13.2 Å². The van der Waals surface area contributed by atoms with Gasteiger partial charge in [-0.2, -0.15) is 5.10 Å². The lowest BCUT2D eigenvalue weighted by Gasteiger charge is -2.35. The van der Waals surface area contributed by atoms with E-state index in [0.717, 1.165) is 53.8 Å². The number of aryl methyl sites for hydroxylation is 2. The smallest absolute Gasteiger partial charge is 0.256 e. The highest BCUT2D eigenvalue weighted by molar-refractivity contribution is 7.92. The van der Waals surface area contributed by atoms with Gasteiger partial charge < -0.3 is 4.90 Å². The Balaban J connectivity index is 1.53. The zero-order valence-corrected chi connectivity index (χ0v) is 20.0. The summed E-state index contributed by atoms with van der Waals surface area (Å²) in [7, 11) is -3.52. The molecule has 0 bridgehead atoms. The Kier molecular flexibility index (Phi) is 5.39. The van der Waals surface area contributed by atoms with Crippen LogP contribution >= 0.6 is 0 Å². The molecule has 0 unspecified atom stereocenters. The van der Waals surface area contributed by atoms with Gasteiger partial charge in [0.25, 0.3) is 5.91 Å². The van der Waals surface area contributed by atoms with Gasteiger partial charge in [-0.3, -0.25) is 9.52 Å². The van der Waals surface area contributed by atoms with E-state index in [1.54, 1.807) is 12.1 Å². The lowest BCUT2D eigenvalue weighted by atomic mass is 9.96. The van der Waals surface area contributed by atoms with Crippen molar-refractivity contribution in [2.75, 3.05) is 17.5 Å². The van der Waals surface area contributed by atoms with Crippen molar-refractivity contribution in [3.05, 3.63) is 58.5 Å². The molecule has 3 heterocycles. The minimum atomic E-state index is -3.52. The number of carbonyl (C=O) groups is 1. The van der Waals surface area contributed by atoms with E-state index < -0.39 is 10.0 Å². The Hall–Kier alpha value is -2.94. The number of hydrogen-bond donors (Lipinski definition) is 1. The van der Waals surface area contributed by atoms with E-state index in [1.807, 2.05) is 35.4 Å². The molecule has 1 amide bonds. The number of nitrogens with one attached hydrogen (secondary N) is 1. The Labute approximate surface area is 194 Å². The van der Waals surface area contributed by atoms with Crippen LogP contribution in [0.4, 0.5) is 5.69 Å². The zero-order chi connectivity index (χ0) is 23.3. The molecule has 1 saturated carbocycles. The second-order valence-corrected chi connectivity index (χ2v) is 11.1. The number of benzene rings is 1. The minimum absolute atomic E-state index is 0.177. The van der Waals surface area contributed by atoms with Gasteiger partial charge in [0.2, 0.25) is 10.0 Å². The number of nitrogens with zero attached hydrogens (tertiary/aromatic N) is 4. The van der Waals surface area contributed by atoms with Crippen molar-refractivity contribution >= 4 is 27.3 Å². The largest absolute Gasteiger partial charge is 0.330 e. The summed E-state index contributed by atoms with van der Waals surface area (Å²) in [6, 6.07) is 9.16. The van der Waals surface area contributed by atoms with Crippen LogP contribution in [0.15, 0.2) is 30.3 Å². The summed E-state index contributed by atoms with van der Waals surface area (Å²) in [4.78, 5) is 20.5. The molecule has 8 nitrogen and oxygen atoms in total. The monoisotopic (exact) mass is 467 g/mol. The van der Waals surface area contributed by atoms with E-state index >= 15 is 0 Å². The summed E-state index contributed by atoms with van der Waals surface area (Å²) >= 11 is 0. The molecule has 174 valence electrons. The number of anilines is 1. The van der Waals surface area contributed by atoms with Crippen molar-refractivity contribution < 1.29 is 13.2 Å². The van der Waals surface area contributed by atoms with Gasteiger partial charge in [0.1, 0.15) is 0 Å². The molecular weight excluding hydrogens is 438 g/mol. The average Bonchev–Trinajstić information content (AvgIpc) is 3.51. The molecule has 5 rings (SSSR count). The predicted molar refractivity (Wildman–Crippen MR) is 127 cm³/mol. The fraction of sp³-hybridized carbons (Fsp3) is 0.458. The lowest BCUT2D eigenvalue weighted by molar-refractivity contribution is 0.0606. The third kappa shape index (κ3) is 4.34. The highest BCUT2D eigenvalue weighted by Crippen LogP contribution is 2.40. The van der Waals surface area contributed by atoms with Crippen LogP contribution in [0.5, 0.6) is 0 Å². The Bertz CT molecular complexity index is 1340. The van der Waals surface area contributed by atoms with Crippen molar-refractivity contribution in [1.82, 2.24) is 19.5 Å². The van der Waals surface area contributed by atoms with Gasteiger partial charge >= 0.3 is 0 Å². The third-order valence-electron chi connectivity index (χ3n) is 6.53. The number of piperidine rings is 1. The summed E-state index contributed by atoms with van der Waals surface area (Å²) in [6.07, 6.45) is 6.19. The van der Waals surface area contributed by atoms with Crippen molar-refractivity contribution in [2.24, 2.45) is 0 Å². The molecule has 1 aliphatic heterocycles. The standard InChI is InChI=1S/C24H29N5O3S/c1-15-7-6-8-18(27-33(3,31)32)23(15)24(30)28-12-5-4-9-21(28)20-14-22-25-19(17-10-11-17)13-16(2)29(22)26-20/h6-8,13-14,17,21,27H,4-5,9-12H2,1-3H3/t21-/m1/s1. The van der Waals surface area contributed by atoms with Gasteiger partial charge in [-0.25, -0.2) is 17.9 Å². The molecule has 0 spiro atoms. The highest BCUT2D eigenvalue weighted by atomic mass is 32.2. The average molecular weight is 468 g/mol. The summed E-state index contributed by atoms with van der Waals surface area (Å²) < 4.78 is 28.2. The highest BCUT2D eigenvalue weighted by Gasteiger charge is 2.33. The van der Waals surface area contributed by atoms with Crippen LogP contribution in [0.1, 0.15) is 77.1 Å². The molecule has 1 saturated heterocycles. The second-order valence-electron chi connectivity index (χ2n) is 9.32. The van der Waals surface area contributed by atoms with Crippen molar-refractivity contribution in [1.29, 1.82) is 0 Å². The molecule has 9 heteroatoms. The number of amides is 1. The second kappa shape index (κ2) is 8.13. The Morgan fingerprint density at radius 3 is 2.61 bits per heavy atom. The minimum Gasteiger partial charge on any atom is -0.330 e. The fourth-order valence-electron chi connectivity index (χ4n) is 4.78. The van der Waals surface area contributed by atoms with E-state index in [4.69, 9.17) is 10.1 Å². The lowest BCUT2D eigenvalue weighted by Crippen LogP contribution is -2.39. The van der Waals surface area contributed by atoms with E-state index in [1.165, 1.54) is 12.8 Å². The van der Waals surface area contributed by atoms with Crippen LogP contribution in [0, 0.1) is 13.8 Å².